The van der Waals surface area contributed by atoms with Crippen LogP contribution in [-0.4, -0.2) is 49.0 Å². The highest BCUT2D eigenvalue weighted by atomic mass is 16.6. The molecule has 2 heterocycles. The second-order valence-corrected chi connectivity index (χ2v) is 7.34. The van der Waals surface area contributed by atoms with Crippen LogP contribution in [-0.2, 0) is 6.54 Å². The molecule has 0 aromatic heterocycles. The lowest BCUT2D eigenvalue weighted by Crippen LogP contribution is -2.60. The van der Waals surface area contributed by atoms with Crippen LogP contribution < -0.4 is 14.2 Å². The van der Waals surface area contributed by atoms with Gasteiger partial charge >= 0.3 is 0 Å². The van der Waals surface area contributed by atoms with Crippen molar-refractivity contribution in [1.29, 1.82) is 0 Å². The van der Waals surface area contributed by atoms with Gasteiger partial charge in [0.25, 0.3) is 0 Å². The quantitative estimate of drug-likeness (QED) is 0.918. The molecule has 5 heteroatoms. The second-order valence-electron chi connectivity index (χ2n) is 7.34. The van der Waals surface area contributed by atoms with Crippen LogP contribution in [0.15, 0.2) is 12.1 Å². The summed E-state index contributed by atoms with van der Waals surface area (Å²) < 4.78 is 16.9. The number of aliphatic hydroxyl groups excluding tert-OH is 1. The minimum Gasteiger partial charge on any atom is -0.493 e. The molecule has 1 aromatic rings. The zero-order valence-corrected chi connectivity index (χ0v) is 14.4. The summed E-state index contributed by atoms with van der Waals surface area (Å²) in [7, 11) is 1.68. The molecule has 0 atom stereocenters. The first kappa shape index (κ1) is 16.0. The average Bonchev–Trinajstić information content (AvgIpc) is 2.64. The number of hydrogen-bond donors (Lipinski definition) is 1. The van der Waals surface area contributed by atoms with Crippen molar-refractivity contribution in [2.75, 3.05) is 33.5 Å². The van der Waals surface area contributed by atoms with Gasteiger partial charge in [-0.3, -0.25) is 4.90 Å². The van der Waals surface area contributed by atoms with E-state index in [0.29, 0.717) is 31.3 Å². The molecule has 4 rings (SSSR count). The van der Waals surface area contributed by atoms with E-state index in [4.69, 9.17) is 14.2 Å². The van der Waals surface area contributed by atoms with Crippen LogP contribution in [0.3, 0.4) is 0 Å². The van der Waals surface area contributed by atoms with Crippen LogP contribution in [0.1, 0.15) is 37.7 Å². The largest absolute Gasteiger partial charge is 0.493 e. The lowest BCUT2D eigenvalue weighted by atomic mass is 9.69. The Kier molecular flexibility index (Phi) is 4.31. The molecule has 0 radical (unpaired) electrons. The van der Waals surface area contributed by atoms with Crippen molar-refractivity contribution in [3.05, 3.63) is 17.7 Å². The fourth-order valence-electron chi connectivity index (χ4n) is 4.44. The van der Waals surface area contributed by atoms with Gasteiger partial charge in [-0.2, -0.15) is 0 Å². The Morgan fingerprint density at radius 1 is 1.21 bits per heavy atom. The first-order chi connectivity index (χ1) is 11.7. The van der Waals surface area contributed by atoms with Gasteiger partial charge in [-0.1, -0.05) is 0 Å². The first-order valence-electron chi connectivity index (χ1n) is 9.06. The van der Waals surface area contributed by atoms with E-state index >= 15 is 0 Å². The van der Waals surface area contributed by atoms with Crippen molar-refractivity contribution in [1.82, 2.24) is 4.90 Å². The Labute approximate surface area is 143 Å². The number of fused-ring (bicyclic) bond motifs is 1. The number of benzene rings is 1. The topological polar surface area (TPSA) is 51.2 Å². The van der Waals surface area contributed by atoms with Crippen LogP contribution in [0.25, 0.3) is 0 Å². The summed E-state index contributed by atoms with van der Waals surface area (Å²) in [5, 5.41) is 9.37. The molecule has 1 saturated carbocycles. The van der Waals surface area contributed by atoms with Crippen LogP contribution >= 0.6 is 0 Å². The maximum atomic E-state index is 9.37. The van der Waals surface area contributed by atoms with Crippen molar-refractivity contribution >= 4 is 0 Å². The van der Waals surface area contributed by atoms with E-state index in [2.05, 4.69) is 17.0 Å². The average molecular weight is 333 g/mol. The number of likely N-dealkylation sites (tertiary alicyclic amines) is 1. The van der Waals surface area contributed by atoms with Gasteiger partial charge in [0.15, 0.2) is 11.5 Å². The molecule has 5 nitrogen and oxygen atoms in total. The summed E-state index contributed by atoms with van der Waals surface area (Å²) in [5.41, 5.74) is 1.58. The summed E-state index contributed by atoms with van der Waals surface area (Å²) in [4.78, 5) is 2.60. The molecule has 2 fully saturated rings. The maximum Gasteiger partial charge on any atom is 0.203 e. The Morgan fingerprint density at radius 2 is 2.00 bits per heavy atom. The molecule has 1 saturated heterocycles. The summed E-state index contributed by atoms with van der Waals surface area (Å²) in [6.45, 7) is 3.59. The highest BCUT2D eigenvalue weighted by Gasteiger charge is 2.46. The minimum absolute atomic E-state index is 0.343. The molecule has 3 aliphatic rings. The van der Waals surface area contributed by atoms with E-state index in [0.717, 1.165) is 43.2 Å². The smallest absolute Gasteiger partial charge is 0.203 e. The Balaban J connectivity index is 1.49. The third kappa shape index (κ3) is 2.74. The molecule has 0 bridgehead atoms. The number of aliphatic hydroxyl groups is 1. The van der Waals surface area contributed by atoms with Crippen LogP contribution in [0.2, 0.25) is 0 Å². The Morgan fingerprint density at radius 3 is 2.67 bits per heavy atom. The second kappa shape index (κ2) is 6.45. The van der Waals surface area contributed by atoms with Gasteiger partial charge in [0.1, 0.15) is 13.2 Å². The summed E-state index contributed by atoms with van der Waals surface area (Å²) in [6, 6.07) is 4.18. The number of nitrogens with zero attached hydrogens (tertiary/aromatic N) is 1. The van der Waals surface area contributed by atoms with Gasteiger partial charge in [-0.25, -0.2) is 0 Å². The number of methoxy groups -OCH3 is 1. The lowest BCUT2D eigenvalue weighted by molar-refractivity contribution is -0.0616. The molecule has 132 valence electrons. The third-order valence-electron chi connectivity index (χ3n) is 6.07. The Hall–Kier alpha value is -1.46. The normalized spacial score (nSPS) is 29.3. The van der Waals surface area contributed by atoms with E-state index in [9.17, 15) is 5.11 Å². The van der Waals surface area contributed by atoms with Gasteiger partial charge in [0.05, 0.1) is 7.11 Å². The summed E-state index contributed by atoms with van der Waals surface area (Å²) >= 11 is 0. The summed E-state index contributed by atoms with van der Waals surface area (Å²) in [6.07, 6.45) is 6.00. The van der Waals surface area contributed by atoms with Gasteiger partial charge in [0.2, 0.25) is 5.75 Å². The highest BCUT2D eigenvalue weighted by molar-refractivity contribution is 5.54. The Bertz CT molecular complexity index is 578. The molecule has 0 unspecified atom stereocenters. The fourth-order valence-corrected chi connectivity index (χ4v) is 4.44. The molecule has 1 aliphatic carbocycles. The van der Waals surface area contributed by atoms with Gasteiger partial charge in [-0.05, 0) is 55.7 Å². The van der Waals surface area contributed by atoms with Gasteiger partial charge in [-0.15, -0.1) is 0 Å². The van der Waals surface area contributed by atoms with Crippen molar-refractivity contribution in [2.45, 2.75) is 44.2 Å². The number of rotatable bonds is 4. The van der Waals surface area contributed by atoms with Crippen molar-refractivity contribution in [3.63, 3.8) is 0 Å². The molecule has 0 amide bonds. The van der Waals surface area contributed by atoms with Gasteiger partial charge in [0, 0.05) is 25.2 Å². The molecular formula is C19H27NO4. The number of ether oxygens (including phenoxy) is 3. The van der Waals surface area contributed by atoms with E-state index in [1.165, 1.54) is 24.8 Å². The third-order valence-corrected chi connectivity index (χ3v) is 6.07. The highest BCUT2D eigenvalue weighted by Crippen LogP contribution is 2.46. The molecule has 1 aromatic carbocycles. The molecule has 24 heavy (non-hydrogen) atoms. The van der Waals surface area contributed by atoms with Crippen molar-refractivity contribution in [2.24, 2.45) is 5.92 Å². The lowest BCUT2D eigenvalue weighted by Gasteiger charge is -2.56. The van der Waals surface area contributed by atoms with Crippen LogP contribution in [0.4, 0.5) is 0 Å². The molecular weight excluding hydrogens is 306 g/mol. The first-order valence-corrected chi connectivity index (χ1v) is 9.06. The van der Waals surface area contributed by atoms with Crippen molar-refractivity contribution < 1.29 is 19.3 Å². The predicted molar refractivity (Wildman–Crippen MR) is 90.8 cm³/mol. The zero-order chi connectivity index (χ0) is 16.6. The van der Waals surface area contributed by atoms with E-state index < -0.39 is 0 Å². The predicted octanol–water partition coefficient (Wildman–Crippen LogP) is 2.59. The minimum atomic E-state index is 0.343. The molecule has 1 spiro atoms. The van der Waals surface area contributed by atoms with Crippen LogP contribution in [0.5, 0.6) is 17.2 Å². The SMILES string of the molecule is COc1cc(CN2CCC23CCC(CO)CC3)cc2c1OCCO2. The van der Waals surface area contributed by atoms with Gasteiger partial charge < -0.3 is 19.3 Å². The van der Waals surface area contributed by atoms with E-state index in [1.807, 2.05) is 0 Å². The van der Waals surface area contributed by atoms with Crippen molar-refractivity contribution in [3.8, 4) is 17.2 Å². The monoisotopic (exact) mass is 333 g/mol. The standard InChI is InChI=1S/C19H27NO4/c1-22-16-10-15(11-17-18(16)24-9-8-23-17)12-20-7-6-19(20)4-2-14(13-21)3-5-19/h10-11,14,21H,2-9,12-13H2,1H3. The maximum absolute atomic E-state index is 9.37. The van der Waals surface area contributed by atoms with E-state index in [-0.39, 0.29) is 0 Å². The molecule has 1 N–H and O–H groups in total. The molecule has 2 aliphatic heterocycles. The zero-order valence-electron chi connectivity index (χ0n) is 14.4. The van der Waals surface area contributed by atoms with Crippen LogP contribution in [0, 0.1) is 5.92 Å². The fraction of sp³-hybridized carbons (Fsp3) is 0.684. The van der Waals surface area contributed by atoms with E-state index in [1.54, 1.807) is 7.11 Å². The summed E-state index contributed by atoms with van der Waals surface area (Å²) in [5.74, 6) is 2.80. The number of hydrogen-bond acceptors (Lipinski definition) is 5.